The molecule has 3 aliphatic carbocycles. The molecule has 0 aromatic heterocycles. The number of fused-ring (bicyclic) bond motifs is 5. The molecule has 4 aliphatic rings. The van der Waals surface area contributed by atoms with E-state index in [9.17, 15) is 30.0 Å². The SMILES string of the molecule is CCC(=O)OC1C(=O)[C@]2(C)C(O)CC3OC[C@@]3(O)C2C(C)C2(O)CC(O)C(C)=C1C2(C)C. The zero-order valence-corrected chi connectivity index (χ0v) is 19.7. The summed E-state index contributed by atoms with van der Waals surface area (Å²) in [6.07, 6.45) is -4.12. The lowest BCUT2D eigenvalue weighted by Crippen LogP contribution is -2.79. The maximum absolute atomic E-state index is 14.2. The van der Waals surface area contributed by atoms with Crippen LogP contribution in [0.4, 0.5) is 0 Å². The molecule has 7 unspecified atom stereocenters. The Labute approximate surface area is 188 Å². The molecule has 0 radical (unpaired) electrons. The molecule has 32 heavy (non-hydrogen) atoms. The van der Waals surface area contributed by atoms with Gasteiger partial charge in [0.25, 0.3) is 0 Å². The van der Waals surface area contributed by atoms with E-state index in [0.29, 0.717) is 11.1 Å². The lowest BCUT2D eigenvalue weighted by Gasteiger charge is -2.67. The molecule has 8 nitrogen and oxygen atoms in total. The van der Waals surface area contributed by atoms with Crippen molar-refractivity contribution < 1.29 is 39.5 Å². The topological polar surface area (TPSA) is 134 Å². The summed E-state index contributed by atoms with van der Waals surface area (Å²) in [5.41, 5.74) is -4.64. The number of carbonyl (C=O) groups excluding carboxylic acids is 2. The number of hydrogen-bond acceptors (Lipinski definition) is 8. The second-order valence-corrected chi connectivity index (χ2v) is 11.0. The number of esters is 1. The molecule has 4 rings (SSSR count). The molecule has 8 heteroatoms. The minimum absolute atomic E-state index is 0.00339. The number of Topliss-reactive ketones (excluding diaryl/α,β-unsaturated/α-hetero) is 1. The smallest absolute Gasteiger partial charge is 0.306 e. The van der Waals surface area contributed by atoms with Crippen molar-refractivity contribution >= 4 is 11.8 Å². The van der Waals surface area contributed by atoms with Gasteiger partial charge in [-0.1, -0.05) is 27.7 Å². The Hall–Kier alpha value is -1.32. The van der Waals surface area contributed by atoms with Gasteiger partial charge in [-0.3, -0.25) is 9.59 Å². The van der Waals surface area contributed by atoms with E-state index in [4.69, 9.17) is 9.47 Å². The fourth-order valence-corrected chi connectivity index (χ4v) is 7.29. The first-order valence-electron chi connectivity index (χ1n) is 11.5. The van der Waals surface area contributed by atoms with Crippen molar-refractivity contribution in [3.63, 3.8) is 0 Å². The van der Waals surface area contributed by atoms with Crippen LogP contribution in [0.1, 0.15) is 60.8 Å². The molecule has 2 bridgehead atoms. The van der Waals surface area contributed by atoms with E-state index in [-0.39, 0.29) is 25.9 Å². The third-order valence-corrected chi connectivity index (χ3v) is 9.39. The van der Waals surface area contributed by atoms with Gasteiger partial charge in [0.2, 0.25) is 0 Å². The van der Waals surface area contributed by atoms with Crippen LogP contribution >= 0.6 is 0 Å². The van der Waals surface area contributed by atoms with Gasteiger partial charge in [0.05, 0.1) is 35.9 Å². The van der Waals surface area contributed by atoms with Crippen LogP contribution in [-0.4, -0.2) is 74.4 Å². The van der Waals surface area contributed by atoms with E-state index in [1.807, 2.05) is 0 Å². The van der Waals surface area contributed by atoms with Crippen molar-refractivity contribution in [2.45, 2.75) is 96.4 Å². The Bertz CT molecular complexity index is 879. The number of rotatable bonds is 2. The summed E-state index contributed by atoms with van der Waals surface area (Å²) in [5, 5.41) is 46.0. The van der Waals surface area contributed by atoms with E-state index >= 15 is 0 Å². The first-order valence-corrected chi connectivity index (χ1v) is 11.5. The van der Waals surface area contributed by atoms with Crippen molar-refractivity contribution in [2.75, 3.05) is 6.61 Å². The van der Waals surface area contributed by atoms with Crippen molar-refractivity contribution in [1.82, 2.24) is 0 Å². The standard InChI is InChI=1S/C24H36O8/c1-7-16(27)32-18-17-11(2)13(25)9-24(30,21(17,4)5)12(3)19-22(6,20(18)28)14(26)8-15-23(19,29)10-31-15/h12-15,18-19,25-26,29-30H,7-10H2,1-6H3/t12?,13?,14?,15?,18?,19?,22-,23+,24?/m1/s1. The van der Waals surface area contributed by atoms with Gasteiger partial charge in [0.1, 0.15) is 5.60 Å². The summed E-state index contributed by atoms with van der Waals surface area (Å²) in [4.78, 5) is 26.6. The molecule has 180 valence electrons. The molecule has 1 heterocycles. The van der Waals surface area contributed by atoms with Crippen LogP contribution < -0.4 is 0 Å². The van der Waals surface area contributed by atoms with Gasteiger partial charge >= 0.3 is 5.97 Å². The zero-order valence-electron chi connectivity index (χ0n) is 19.7. The zero-order chi connectivity index (χ0) is 24.0. The first kappa shape index (κ1) is 23.8. The molecule has 0 aromatic rings. The Morgan fingerprint density at radius 3 is 2.38 bits per heavy atom. The Morgan fingerprint density at radius 2 is 1.84 bits per heavy atom. The predicted molar refractivity (Wildman–Crippen MR) is 113 cm³/mol. The molecule has 0 spiro atoms. The molecular formula is C24H36O8. The van der Waals surface area contributed by atoms with Crippen LogP contribution in [0.2, 0.25) is 0 Å². The molecule has 0 amide bonds. The predicted octanol–water partition coefficient (Wildman–Crippen LogP) is 0.882. The maximum Gasteiger partial charge on any atom is 0.306 e. The molecule has 1 aliphatic heterocycles. The second-order valence-electron chi connectivity index (χ2n) is 11.0. The van der Waals surface area contributed by atoms with E-state index in [2.05, 4.69) is 0 Å². The molecule has 9 atom stereocenters. The van der Waals surface area contributed by atoms with Gasteiger partial charge in [-0.05, 0) is 30.9 Å². The molecule has 3 fully saturated rings. The third kappa shape index (κ3) is 2.67. The van der Waals surface area contributed by atoms with Crippen LogP contribution in [0.3, 0.4) is 0 Å². The Balaban J connectivity index is 2.02. The van der Waals surface area contributed by atoms with Gasteiger partial charge in [-0.15, -0.1) is 0 Å². The summed E-state index contributed by atoms with van der Waals surface area (Å²) in [6.45, 7) is 10.2. The summed E-state index contributed by atoms with van der Waals surface area (Å²) >= 11 is 0. The maximum atomic E-state index is 14.2. The van der Waals surface area contributed by atoms with E-state index in [1.54, 1.807) is 41.5 Å². The normalized spacial score (nSPS) is 49.9. The van der Waals surface area contributed by atoms with Crippen LogP contribution in [-0.2, 0) is 19.1 Å². The first-order chi connectivity index (χ1) is 14.7. The van der Waals surface area contributed by atoms with Crippen LogP contribution in [0.25, 0.3) is 0 Å². The number of aliphatic hydroxyl groups is 4. The van der Waals surface area contributed by atoms with Gasteiger partial charge in [-0.25, -0.2) is 0 Å². The van der Waals surface area contributed by atoms with E-state index < -0.39 is 70.0 Å². The number of aliphatic hydroxyl groups excluding tert-OH is 2. The molecule has 2 saturated carbocycles. The summed E-state index contributed by atoms with van der Waals surface area (Å²) < 4.78 is 11.2. The summed E-state index contributed by atoms with van der Waals surface area (Å²) in [5.74, 6) is -2.66. The molecule has 0 aromatic carbocycles. The van der Waals surface area contributed by atoms with Crippen molar-refractivity contribution in [1.29, 1.82) is 0 Å². The van der Waals surface area contributed by atoms with Crippen molar-refractivity contribution in [2.24, 2.45) is 22.7 Å². The van der Waals surface area contributed by atoms with Crippen LogP contribution in [0.5, 0.6) is 0 Å². The Morgan fingerprint density at radius 1 is 1.22 bits per heavy atom. The molecule has 1 saturated heterocycles. The minimum Gasteiger partial charge on any atom is -0.450 e. The third-order valence-electron chi connectivity index (χ3n) is 9.39. The number of carbonyl (C=O) groups is 2. The minimum atomic E-state index is -1.54. The second kappa shape index (κ2) is 7.09. The highest BCUT2D eigenvalue weighted by Crippen LogP contribution is 2.64. The van der Waals surface area contributed by atoms with Crippen molar-refractivity contribution in [3.05, 3.63) is 11.1 Å². The average Bonchev–Trinajstić information content (AvgIpc) is 2.71. The van der Waals surface area contributed by atoms with Gasteiger partial charge in [0, 0.05) is 30.6 Å². The highest BCUT2D eigenvalue weighted by Gasteiger charge is 2.74. The molecule has 4 N–H and O–H groups in total. The van der Waals surface area contributed by atoms with Crippen molar-refractivity contribution in [3.8, 4) is 0 Å². The van der Waals surface area contributed by atoms with Crippen LogP contribution in [0.15, 0.2) is 11.1 Å². The lowest BCUT2D eigenvalue weighted by molar-refractivity contribution is -0.335. The highest BCUT2D eigenvalue weighted by atomic mass is 16.6. The van der Waals surface area contributed by atoms with E-state index in [0.717, 1.165) is 0 Å². The lowest BCUT2D eigenvalue weighted by atomic mass is 9.43. The highest BCUT2D eigenvalue weighted by molar-refractivity contribution is 5.95. The van der Waals surface area contributed by atoms with Gasteiger partial charge in [-0.2, -0.15) is 0 Å². The number of hydrogen-bond donors (Lipinski definition) is 4. The average molecular weight is 453 g/mol. The summed E-state index contributed by atoms with van der Waals surface area (Å²) in [7, 11) is 0. The van der Waals surface area contributed by atoms with Gasteiger partial charge in [0.15, 0.2) is 11.9 Å². The number of ether oxygens (including phenoxy) is 2. The number of ketones is 1. The van der Waals surface area contributed by atoms with Crippen LogP contribution in [0, 0.1) is 22.7 Å². The fraction of sp³-hybridized carbons (Fsp3) is 0.833. The van der Waals surface area contributed by atoms with Gasteiger partial charge < -0.3 is 29.9 Å². The Kier molecular flexibility index (Phi) is 5.28. The van der Waals surface area contributed by atoms with E-state index in [1.165, 1.54) is 0 Å². The largest absolute Gasteiger partial charge is 0.450 e. The molecular weight excluding hydrogens is 416 g/mol. The monoisotopic (exact) mass is 452 g/mol. The quantitative estimate of drug-likeness (QED) is 0.358. The summed E-state index contributed by atoms with van der Waals surface area (Å²) in [6, 6.07) is 0. The fourth-order valence-electron chi connectivity index (χ4n) is 7.29.